The van der Waals surface area contributed by atoms with Crippen molar-refractivity contribution in [3.05, 3.63) is 89.7 Å². The summed E-state index contributed by atoms with van der Waals surface area (Å²) in [5, 5.41) is 0.704. The second kappa shape index (κ2) is 8.10. The minimum Gasteiger partial charge on any atom is -0.493 e. The van der Waals surface area contributed by atoms with E-state index in [4.69, 9.17) is 18.6 Å². The van der Waals surface area contributed by atoms with Gasteiger partial charge in [-0.15, -0.1) is 0 Å². The van der Waals surface area contributed by atoms with E-state index in [1.807, 2.05) is 42.5 Å². The Kier molecular flexibility index (Phi) is 5.20. The van der Waals surface area contributed by atoms with E-state index in [1.165, 1.54) is 13.4 Å². The monoisotopic (exact) mass is 388 g/mol. The Morgan fingerprint density at radius 2 is 1.69 bits per heavy atom. The lowest BCUT2D eigenvalue weighted by Gasteiger charge is -2.09. The largest absolute Gasteiger partial charge is 0.493 e. The molecule has 4 rings (SSSR count). The first-order valence-electron chi connectivity index (χ1n) is 9.14. The fourth-order valence-corrected chi connectivity index (χ4v) is 3.15. The molecule has 0 saturated carbocycles. The van der Waals surface area contributed by atoms with E-state index in [0.29, 0.717) is 46.0 Å². The molecule has 1 aromatic heterocycles. The first kappa shape index (κ1) is 18.6. The topological polar surface area (TPSA) is 57.9 Å². The van der Waals surface area contributed by atoms with E-state index in [2.05, 4.69) is 0 Å². The predicted molar refractivity (Wildman–Crippen MR) is 110 cm³/mol. The van der Waals surface area contributed by atoms with Crippen LogP contribution in [-0.4, -0.2) is 20.0 Å². The van der Waals surface area contributed by atoms with Gasteiger partial charge in [-0.25, -0.2) is 0 Å². The summed E-state index contributed by atoms with van der Waals surface area (Å²) in [5.74, 6) is 1.57. The molecule has 0 aliphatic rings. The third-order valence-electron chi connectivity index (χ3n) is 4.68. The predicted octanol–water partition coefficient (Wildman–Crippen LogP) is 5.26. The highest BCUT2D eigenvalue weighted by atomic mass is 16.5. The molecule has 3 aromatic carbocycles. The molecule has 0 saturated heterocycles. The van der Waals surface area contributed by atoms with Crippen LogP contribution in [0.3, 0.4) is 0 Å². The van der Waals surface area contributed by atoms with Crippen LogP contribution in [-0.2, 0) is 6.61 Å². The Balaban J connectivity index is 1.63. The highest BCUT2D eigenvalue weighted by molar-refractivity contribution is 6.16. The molecule has 0 bridgehead atoms. The van der Waals surface area contributed by atoms with Crippen molar-refractivity contribution in [3.8, 4) is 17.2 Å². The molecule has 5 nitrogen and oxygen atoms in total. The maximum Gasteiger partial charge on any atom is 0.197 e. The van der Waals surface area contributed by atoms with Crippen LogP contribution in [0.1, 0.15) is 21.5 Å². The van der Waals surface area contributed by atoms with Gasteiger partial charge in [0.2, 0.25) is 0 Å². The molecule has 0 amide bonds. The van der Waals surface area contributed by atoms with Gasteiger partial charge in [-0.1, -0.05) is 30.3 Å². The van der Waals surface area contributed by atoms with Crippen LogP contribution < -0.4 is 14.2 Å². The molecule has 0 unspecified atom stereocenters. The van der Waals surface area contributed by atoms with Gasteiger partial charge in [0.1, 0.15) is 24.2 Å². The van der Waals surface area contributed by atoms with Gasteiger partial charge in [0, 0.05) is 10.9 Å². The van der Waals surface area contributed by atoms with Crippen LogP contribution in [0.25, 0.3) is 11.0 Å². The standard InChI is InChI=1S/C24H20O5/c1-26-22-10-8-17(12-23(22)27-2)24(25)20-15-29-21-11-9-18(13-19(20)21)28-14-16-6-4-3-5-7-16/h3-13,15H,14H2,1-2H3. The maximum absolute atomic E-state index is 13.1. The fourth-order valence-electron chi connectivity index (χ4n) is 3.15. The summed E-state index contributed by atoms with van der Waals surface area (Å²) in [7, 11) is 3.09. The number of carbonyl (C=O) groups excluding carboxylic acids is 1. The molecule has 0 radical (unpaired) electrons. The first-order valence-corrected chi connectivity index (χ1v) is 9.14. The summed E-state index contributed by atoms with van der Waals surface area (Å²) in [6, 6.07) is 20.5. The quantitative estimate of drug-likeness (QED) is 0.404. The number of hydrogen-bond donors (Lipinski definition) is 0. The average Bonchev–Trinajstić information content (AvgIpc) is 3.20. The van der Waals surface area contributed by atoms with Crippen molar-refractivity contribution < 1.29 is 23.4 Å². The van der Waals surface area contributed by atoms with Crippen LogP contribution in [0.15, 0.2) is 77.4 Å². The van der Waals surface area contributed by atoms with Gasteiger partial charge in [0.25, 0.3) is 0 Å². The van der Waals surface area contributed by atoms with Gasteiger partial charge in [0.15, 0.2) is 17.3 Å². The Morgan fingerprint density at radius 3 is 2.45 bits per heavy atom. The third-order valence-corrected chi connectivity index (χ3v) is 4.68. The highest BCUT2D eigenvalue weighted by Crippen LogP contribution is 2.31. The molecule has 0 atom stereocenters. The zero-order valence-corrected chi connectivity index (χ0v) is 16.2. The number of furan rings is 1. The number of ketones is 1. The lowest BCUT2D eigenvalue weighted by Crippen LogP contribution is -2.02. The molecule has 0 N–H and O–H groups in total. The van der Waals surface area contributed by atoms with Gasteiger partial charge in [-0.05, 0) is 42.0 Å². The Morgan fingerprint density at radius 1 is 0.897 bits per heavy atom. The zero-order chi connectivity index (χ0) is 20.2. The maximum atomic E-state index is 13.1. The summed E-state index contributed by atoms with van der Waals surface area (Å²) >= 11 is 0. The number of hydrogen-bond acceptors (Lipinski definition) is 5. The van der Waals surface area contributed by atoms with E-state index >= 15 is 0 Å². The molecule has 146 valence electrons. The smallest absolute Gasteiger partial charge is 0.197 e. The summed E-state index contributed by atoms with van der Waals surface area (Å²) < 4.78 is 22.0. The van der Waals surface area contributed by atoms with Crippen LogP contribution in [0.5, 0.6) is 17.2 Å². The normalized spacial score (nSPS) is 10.7. The summed E-state index contributed by atoms with van der Waals surface area (Å²) in [4.78, 5) is 13.1. The van der Waals surface area contributed by atoms with Crippen molar-refractivity contribution in [1.82, 2.24) is 0 Å². The Labute approximate surface area is 168 Å². The summed E-state index contributed by atoms with van der Waals surface area (Å²) in [5.41, 5.74) is 2.65. The minimum absolute atomic E-state index is 0.162. The number of methoxy groups -OCH3 is 2. The van der Waals surface area contributed by atoms with Gasteiger partial charge in [-0.3, -0.25) is 4.79 Å². The zero-order valence-electron chi connectivity index (χ0n) is 16.2. The minimum atomic E-state index is -0.162. The van der Waals surface area contributed by atoms with Crippen molar-refractivity contribution in [2.75, 3.05) is 14.2 Å². The molecule has 29 heavy (non-hydrogen) atoms. The summed E-state index contributed by atoms with van der Waals surface area (Å²) in [6.07, 6.45) is 1.48. The van der Waals surface area contributed by atoms with Crippen molar-refractivity contribution in [2.45, 2.75) is 6.61 Å². The average molecular weight is 388 g/mol. The van der Waals surface area contributed by atoms with Crippen LogP contribution in [0.2, 0.25) is 0 Å². The molecule has 5 heteroatoms. The van der Waals surface area contributed by atoms with Crippen molar-refractivity contribution >= 4 is 16.8 Å². The molecular formula is C24H20O5. The lowest BCUT2D eigenvalue weighted by atomic mass is 10.0. The highest BCUT2D eigenvalue weighted by Gasteiger charge is 2.18. The van der Waals surface area contributed by atoms with Crippen LogP contribution >= 0.6 is 0 Å². The van der Waals surface area contributed by atoms with Crippen molar-refractivity contribution in [1.29, 1.82) is 0 Å². The molecular weight excluding hydrogens is 368 g/mol. The third kappa shape index (κ3) is 3.80. The van der Waals surface area contributed by atoms with Crippen molar-refractivity contribution in [2.24, 2.45) is 0 Å². The summed E-state index contributed by atoms with van der Waals surface area (Å²) in [6.45, 7) is 0.448. The van der Waals surface area contributed by atoms with Crippen molar-refractivity contribution in [3.63, 3.8) is 0 Å². The number of rotatable bonds is 7. The number of benzene rings is 3. The second-order valence-corrected chi connectivity index (χ2v) is 6.48. The molecule has 1 heterocycles. The Hall–Kier alpha value is -3.73. The molecule has 4 aromatic rings. The fraction of sp³-hybridized carbons (Fsp3) is 0.125. The van der Waals surface area contributed by atoms with E-state index in [9.17, 15) is 4.79 Å². The Bertz CT molecular complexity index is 1140. The van der Waals surface area contributed by atoms with Crippen LogP contribution in [0, 0.1) is 0 Å². The van der Waals surface area contributed by atoms with E-state index < -0.39 is 0 Å². The van der Waals surface area contributed by atoms with Gasteiger partial charge in [-0.2, -0.15) is 0 Å². The molecule has 0 aliphatic heterocycles. The number of fused-ring (bicyclic) bond motifs is 1. The number of ether oxygens (including phenoxy) is 3. The molecule has 0 aliphatic carbocycles. The lowest BCUT2D eigenvalue weighted by molar-refractivity contribution is 0.103. The van der Waals surface area contributed by atoms with Crippen LogP contribution in [0.4, 0.5) is 0 Å². The molecule has 0 fully saturated rings. The van der Waals surface area contributed by atoms with E-state index in [1.54, 1.807) is 31.4 Å². The van der Waals surface area contributed by atoms with Gasteiger partial charge < -0.3 is 18.6 Å². The first-order chi connectivity index (χ1) is 14.2. The number of carbonyl (C=O) groups is 1. The van der Waals surface area contributed by atoms with Gasteiger partial charge >= 0.3 is 0 Å². The van der Waals surface area contributed by atoms with E-state index in [0.717, 1.165) is 5.56 Å². The second-order valence-electron chi connectivity index (χ2n) is 6.48. The SMILES string of the molecule is COc1ccc(C(=O)c2coc3ccc(OCc4ccccc4)cc23)cc1OC. The van der Waals surface area contributed by atoms with E-state index in [-0.39, 0.29) is 5.78 Å². The molecule has 0 spiro atoms. The van der Waals surface area contributed by atoms with Gasteiger partial charge in [0.05, 0.1) is 19.8 Å².